The zero-order valence-corrected chi connectivity index (χ0v) is 9.29. The second-order valence-electron chi connectivity index (χ2n) is 4.78. The lowest BCUT2D eigenvalue weighted by atomic mass is 9.96. The van der Waals surface area contributed by atoms with Crippen LogP contribution in [0.4, 0.5) is 0 Å². The van der Waals surface area contributed by atoms with E-state index in [1.54, 1.807) is 6.26 Å². The van der Waals surface area contributed by atoms with Crippen LogP contribution in [-0.4, -0.2) is 5.54 Å². The Morgan fingerprint density at radius 1 is 1.27 bits per heavy atom. The number of hydrogen-bond donors (Lipinski definition) is 1. The molecule has 0 aliphatic rings. The number of nitrogens with two attached hydrogens (primary N) is 1. The average molecular weight is 203 g/mol. The van der Waals surface area contributed by atoms with Gasteiger partial charge in [-0.1, -0.05) is 6.07 Å². The zero-order valence-electron chi connectivity index (χ0n) is 9.29. The van der Waals surface area contributed by atoms with E-state index in [4.69, 9.17) is 10.2 Å². The fraction of sp³-hybridized carbons (Fsp3) is 0.385. The van der Waals surface area contributed by atoms with Crippen LogP contribution in [0, 0.1) is 0 Å². The summed E-state index contributed by atoms with van der Waals surface area (Å²) in [4.78, 5) is 0. The molecule has 0 fully saturated rings. The number of rotatable bonds is 3. The van der Waals surface area contributed by atoms with Crippen molar-refractivity contribution in [2.24, 2.45) is 5.73 Å². The highest BCUT2D eigenvalue weighted by molar-refractivity contribution is 5.77. The lowest BCUT2D eigenvalue weighted by molar-refractivity contribution is 0.477. The maximum Gasteiger partial charge on any atom is 0.133 e. The van der Waals surface area contributed by atoms with E-state index in [9.17, 15) is 0 Å². The summed E-state index contributed by atoms with van der Waals surface area (Å²) in [5.74, 6) is 0. The molecule has 0 aliphatic carbocycles. The van der Waals surface area contributed by atoms with Crippen LogP contribution in [0.3, 0.4) is 0 Å². The van der Waals surface area contributed by atoms with Gasteiger partial charge in [-0.05, 0) is 50.5 Å². The maximum atomic E-state index is 5.96. The van der Waals surface area contributed by atoms with Gasteiger partial charge in [0.25, 0.3) is 0 Å². The van der Waals surface area contributed by atoms with Crippen molar-refractivity contribution in [2.45, 2.75) is 32.2 Å². The third kappa shape index (κ3) is 2.60. The van der Waals surface area contributed by atoms with Gasteiger partial charge in [-0.25, -0.2) is 0 Å². The van der Waals surface area contributed by atoms with Gasteiger partial charge in [0, 0.05) is 10.9 Å². The standard InChI is InChI=1S/C13H17NO/c1-13(2,14)7-5-10-3-4-12-11(9-10)6-8-15-12/h3-4,6,8-9H,5,7,14H2,1-2H3. The molecule has 0 atom stereocenters. The summed E-state index contributed by atoms with van der Waals surface area (Å²) in [5, 5.41) is 1.17. The van der Waals surface area contributed by atoms with E-state index < -0.39 is 0 Å². The number of aryl methyl sites for hydroxylation is 1. The molecule has 1 aromatic carbocycles. The molecule has 0 saturated heterocycles. The van der Waals surface area contributed by atoms with E-state index >= 15 is 0 Å². The van der Waals surface area contributed by atoms with Crippen LogP contribution in [0.15, 0.2) is 34.9 Å². The van der Waals surface area contributed by atoms with Crippen LogP contribution >= 0.6 is 0 Å². The van der Waals surface area contributed by atoms with Crippen molar-refractivity contribution in [3.8, 4) is 0 Å². The molecule has 2 heteroatoms. The molecule has 2 nitrogen and oxygen atoms in total. The molecule has 0 aliphatic heterocycles. The smallest absolute Gasteiger partial charge is 0.133 e. The first kappa shape index (κ1) is 10.2. The Labute approximate surface area is 90.1 Å². The maximum absolute atomic E-state index is 5.96. The Bertz CT molecular complexity index is 451. The van der Waals surface area contributed by atoms with E-state index in [1.165, 1.54) is 10.9 Å². The minimum atomic E-state index is -0.0919. The van der Waals surface area contributed by atoms with Crippen molar-refractivity contribution in [3.05, 3.63) is 36.1 Å². The van der Waals surface area contributed by atoms with Crippen LogP contribution in [0.2, 0.25) is 0 Å². The molecule has 2 aromatic rings. The molecule has 1 aromatic heterocycles. The number of fused-ring (bicyclic) bond motifs is 1. The lowest BCUT2D eigenvalue weighted by Gasteiger charge is -2.17. The van der Waals surface area contributed by atoms with E-state index in [1.807, 2.05) is 12.1 Å². The SMILES string of the molecule is CC(C)(N)CCc1ccc2occc2c1. The van der Waals surface area contributed by atoms with Gasteiger partial charge >= 0.3 is 0 Å². The molecule has 2 N–H and O–H groups in total. The summed E-state index contributed by atoms with van der Waals surface area (Å²) < 4.78 is 5.29. The molecule has 0 radical (unpaired) electrons. The van der Waals surface area contributed by atoms with E-state index in [0.29, 0.717) is 0 Å². The summed E-state index contributed by atoms with van der Waals surface area (Å²) in [6.07, 6.45) is 3.74. The first-order valence-electron chi connectivity index (χ1n) is 5.30. The zero-order chi connectivity index (χ0) is 10.9. The van der Waals surface area contributed by atoms with Gasteiger partial charge in [-0.15, -0.1) is 0 Å². The number of furan rings is 1. The fourth-order valence-electron chi connectivity index (χ4n) is 1.64. The van der Waals surface area contributed by atoms with Gasteiger partial charge in [0.2, 0.25) is 0 Å². The molecular weight excluding hydrogens is 186 g/mol. The van der Waals surface area contributed by atoms with Crippen LogP contribution in [0.5, 0.6) is 0 Å². The van der Waals surface area contributed by atoms with Crippen molar-refractivity contribution in [3.63, 3.8) is 0 Å². The third-order valence-electron chi connectivity index (χ3n) is 2.57. The minimum Gasteiger partial charge on any atom is -0.464 e. The summed E-state index contributed by atoms with van der Waals surface area (Å²) >= 11 is 0. The quantitative estimate of drug-likeness (QED) is 0.832. The van der Waals surface area contributed by atoms with Gasteiger partial charge < -0.3 is 10.2 Å². The van der Waals surface area contributed by atoms with E-state index in [0.717, 1.165) is 18.4 Å². The fourth-order valence-corrected chi connectivity index (χ4v) is 1.64. The van der Waals surface area contributed by atoms with E-state index in [2.05, 4.69) is 26.0 Å². The van der Waals surface area contributed by atoms with Crippen LogP contribution < -0.4 is 5.73 Å². The highest BCUT2D eigenvalue weighted by Crippen LogP contribution is 2.19. The lowest BCUT2D eigenvalue weighted by Crippen LogP contribution is -2.32. The van der Waals surface area contributed by atoms with E-state index in [-0.39, 0.29) is 5.54 Å². The second kappa shape index (κ2) is 3.70. The van der Waals surface area contributed by atoms with Crippen molar-refractivity contribution in [1.29, 1.82) is 0 Å². The van der Waals surface area contributed by atoms with Crippen molar-refractivity contribution in [2.75, 3.05) is 0 Å². The van der Waals surface area contributed by atoms with Gasteiger partial charge in [0.15, 0.2) is 0 Å². The Morgan fingerprint density at radius 2 is 2.07 bits per heavy atom. The topological polar surface area (TPSA) is 39.2 Å². The van der Waals surface area contributed by atoms with Crippen LogP contribution in [-0.2, 0) is 6.42 Å². The monoisotopic (exact) mass is 203 g/mol. The van der Waals surface area contributed by atoms with Gasteiger partial charge in [-0.2, -0.15) is 0 Å². The van der Waals surface area contributed by atoms with Crippen LogP contribution in [0.25, 0.3) is 11.0 Å². The van der Waals surface area contributed by atoms with Crippen molar-refractivity contribution >= 4 is 11.0 Å². The Hall–Kier alpha value is -1.28. The highest BCUT2D eigenvalue weighted by atomic mass is 16.3. The largest absolute Gasteiger partial charge is 0.464 e. The summed E-state index contributed by atoms with van der Waals surface area (Å²) in [6, 6.07) is 8.29. The number of hydrogen-bond acceptors (Lipinski definition) is 2. The normalized spacial score (nSPS) is 12.2. The molecule has 1 heterocycles. The summed E-state index contributed by atoms with van der Waals surface area (Å²) in [5.41, 5.74) is 8.14. The molecule has 2 rings (SSSR count). The Kier molecular flexibility index (Phi) is 2.53. The number of benzene rings is 1. The molecular formula is C13H17NO. The molecule has 15 heavy (non-hydrogen) atoms. The van der Waals surface area contributed by atoms with Crippen molar-refractivity contribution in [1.82, 2.24) is 0 Å². The third-order valence-corrected chi connectivity index (χ3v) is 2.57. The van der Waals surface area contributed by atoms with Crippen molar-refractivity contribution < 1.29 is 4.42 Å². The molecule has 0 spiro atoms. The predicted octanol–water partition coefficient (Wildman–Crippen LogP) is 3.10. The molecule has 0 bridgehead atoms. The van der Waals surface area contributed by atoms with Gasteiger partial charge in [-0.3, -0.25) is 0 Å². The first-order valence-corrected chi connectivity index (χ1v) is 5.30. The highest BCUT2D eigenvalue weighted by Gasteiger charge is 2.10. The molecule has 0 unspecified atom stereocenters. The van der Waals surface area contributed by atoms with Crippen LogP contribution in [0.1, 0.15) is 25.8 Å². The average Bonchev–Trinajstić information content (AvgIpc) is 2.60. The molecule has 80 valence electrons. The second-order valence-corrected chi connectivity index (χ2v) is 4.78. The summed E-state index contributed by atoms with van der Waals surface area (Å²) in [7, 11) is 0. The minimum absolute atomic E-state index is 0.0919. The Balaban J connectivity index is 2.15. The van der Waals surface area contributed by atoms with Gasteiger partial charge in [0.05, 0.1) is 6.26 Å². The first-order chi connectivity index (χ1) is 7.04. The summed E-state index contributed by atoms with van der Waals surface area (Å²) in [6.45, 7) is 4.12. The molecule has 0 saturated carbocycles. The Morgan fingerprint density at radius 3 is 2.80 bits per heavy atom. The van der Waals surface area contributed by atoms with Gasteiger partial charge in [0.1, 0.15) is 5.58 Å². The molecule has 0 amide bonds. The predicted molar refractivity (Wildman–Crippen MR) is 62.8 cm³/mol.